The number of hydrogen-bond donors (Lipinski definition) is 0. The fraction of sp³-hybridized carbons (Fsp3) is 0.429. The quantitative estimate of drug-likeness (QED) is 0.470. The fourth-order valence-corrected chi connectivity index (χ4v) is 0.691. The van der Waals surface area contributed by atoms with Crippen molar-refractivity contribution in [2.75, 3.05) is 14.2 Å². The smallest absolute Gasteiger partial charge is 0.357 e. The summed E-state index contributed by atoms with van der Waals surface area (Å²) < 4.78 is 4.43. The molecule has 0 aromatic carbocycles. The van der Waals surface area contributed by atoms with Crippen LogP contribution in [0.4, 0.5) is 0 Å². The van der Waals surface area contributed by atoms with Gasteiger partial charge in [-0.05, 0) is 6.92 Å². The third-order valence-corrected chi connectivity index (χ3v) is 1.48. The SMILES string of the molecule is CC=C(Cl)C(=NC)C(=O)OC. The Morgan fingerprint density at radius 2 is 2.18 bits per heavy atom. The predicted octanol–water partition coefficient (Wildman–Crippen LogP) is 1.37. The van der Waals surface area contributed by atoms with Crippen molar-refractivity contribution in [2.45, 2.75) is 6.92 Å². The highest BCUT2D eigenvalue weighted by atomic mass is 35.5. The first-order valence-corrected chi connectivity index (χ1v) is 3.42. The van der Waals surface area contributed by atoms with Gasteiger partial charge >= 0.3 is 5.97 Å². The van der Waals surface area contributed by atoms with Crippen LogP contribution < -0.4 is 0 Å². The summed E-state index contributed by atoms with van der Waals surface area (Å²) in [6, 6.07) is 0. The van der Waals surface area contributed by atoms with Crippen LogP contribution in [0.1, 0.15) is 6.92 Å². The summed E-state index contributed by atoms with van der Waals surface area (Å²) in [4.78, 5) is 14.5. The van der Waals surface area contributed by atoms with Crippen molar-refractivity contribution < 1.29 is 9.53 Å². The van der Waals surface area contributed by atoms with Gasteiger partial charge in [0, 0.05) is 7.05 Å². The van der Waals surface area contributed by atoms with E-state index in [1.807, 2.05) is 0 Å². The van der Waals surface area contributed by atoms with Gasteiger partial charge in [-0.3, -0.25) is 4.99 Å². The molecule has 0 aliphatic rings. The summed E-state index contributed by atoms with van der Waals surface area (Å²) >= 11 is 5.63. The van der Waals surface area contributed by atoms with Gasteiger partial charge in [-0.2, -0.15) is 0 Å². The van der Waals surface area contributed by atoms with Crippen LogP contribution in [0.25, 0.3) is 0 Å². The maximum Gasteiger partial charge on any atom is 0.357 e. The van der Waals surface area contributed by atoms with Crippen LogP contribution in [-0.4, -0.2) is 25.8 Å². The minimum atomic E-state index is -0.518. The minimum absolute atomic E-state index is 0.150. The number of ether oxygens (including phenoxy) is 1. The number of rotatable bonds is 2. The summed E-state index contributed by atoms with van der Waals surface area (Å²) in [5.74, 6) is -0.518. The summed E-state index contributed by atoms with van der Waals surface area (Å²) in [6.07, 6.45) is 1.58. The Kier molecular flexibility index (Phi) is 4.54. The van der Waals surface area contributed by atoms with Crippen molar-refractivity contribution in [3.8, 4) is 0 Å². The number of aliphatic imine (C=N–C) groups is 1. The van der Waals surface area contributed by atoms with E-state index in [9.17, 15) is 4.79 Å². The molecule has 0 fully saturated rings. The Hall–Kier alpha value is -0.830. The molecule has 0 aromatic heterocycles. The average molecular weight is 176 g/mol. The molecule has 0 saturated heterocycles. The first-order valence-electron chi connectivity index (χ1n) is 3.04. The van der Waals surface area contributed by atoms with E-state index >= 15 is 0 Å². The van der Waals surface area contributed by atoms with Crippen molar-refractivity contribution in [1.29, 1.82) is 0 Å². The molecular weight excluding hydrogens is 166 g/mol. The highest BCUT2D eigenvalue weighted by Gasteiger charge is 2.12. The third-order valence-electron chi connectivity index (χ3n) is 1.08. The maximum atomic E-state index is 10.9. The van der Waals surface area contributed by atoms with E-state index in [4.69, 9.17) is 11.6 Å². The number of nitrogens with zero attached hydrogens (tertiary/aromatic N) is 1. The molecule has 0 unspecified atom stereocenters. The van der Waals surface area contributed by atoms with Gasteiger partial charge in [0.2, 0.25) is 0 Å². The monoisotopic (exact) mass is 175 g/mol. The Balaban J connectivity index is 4.57. The van der Waals surface area contributed by atoms with E-state index in [2.05, 4.69) is 9.73 Å². The van der Waals surface area contributed by atoms with Gasteiger partial charge in [0.25, 0.3) is 0 Å². The van der Waals surface area contributed by atoms with E-state index in [0.29, 0.717) is 5.03 Å². The van der Waals surface area contributed by atoms with E-state index in [1.165, 1.54) is 14.2 Å². The van der Waals surface area contributed by atoms with Crippen LogP contribution in [0.2, 0.25) is 0 Å². The van der Waals surface area contributed by atoms with E-state index in [-0.39, 0.29) is 5.71 Å². The number of carbonyl (C=O) groups excluding carboxylic acids is 1. The van der Waals surface area contributed by atoms with E-state index in [0.717, 1.165) is 0 Å². The Morgan fingerprint density at radius 1 is 1.64 bits per heavy atom. The van der Waals surface area contributed by atoms with Crippen LogP contribution in [-0.2, 0) is 9.53 Å². The molecule has 0 bridgehead atoms. The van der Waals surface area contributed by atoms with Crippen LogP contribution in [0, 0.1) is 0 Å². The van der Waals surface area contributed by atoms with E-state index in [1.54, 1.807) is 13.0 Å². The predicted molar refractivity (Wildman–Crippen MR) is 45.0 cm³/mol. The molecule has 3 nitrogen and oxygen atoms in total. The average Bonchev–Trinajstić information content (AvgIpc) is 2.05. The second-order valence-electron chi connectivity index (χ2n) is 1.70. The minimum Gasteiger partial charge on any atom is -0.464 e. The summed E-state index contributed by atoms with van der Waals surface area (Å²) in [7, 11) is 2.77. The largest absolute Gasteiger partial charge is 0.464 e. The molecule has 11 heavy (non-hydrogen) atoms. The summed E-state index contributed by atoms with van der Waals surface area (Å²) in [5.41, 5.74) is 0.150. The molecule has 0 aliphatic carbocycles. The molecule has 0 amide bonds. The second kappa shape index (κ2) is 4.91. The highest BCUT2D eigenvalue weighted by molar-refractivity contribution is 6.58. The standard InChI is InChI=1S/C7H10ClNO2/c1-4-5(8)6(9-2)7(10)11-3/h4H,1-3H3. The van der Waals surface area contributed by atoms with Gasteiger partial charge in [0.1, 0.15) is 0 Å². The first-order chi connectivity index (χ1) is 5.17. The van der Waals surface area contributed by atoms with Gasteiger partial charge in [-0.25, -0.2) is 4.79 Å². The lowest BCUT2D eigenvalue weighted by molar-refractivity contribution is -0.132. The molecule has 0 spiro atoms. The maximum absolute atomic E-state index is 10.9. The molecule has 0 atom stereocenters. The number of allylic oxidation sites excluding steroid dienone is 1. The number of methoxy groups -OCH3 is 1. The van der Waals surface area contributed by atoms with E-state index < -0.39 is 5.97 Å². The molecule has 0 radical (unpaired) electrons. The third kappa shape index (κ3) is 2.72. The fourth-order valence-electron chi connectivity index (χ4n) is 0.529. The Labute approximate surface area is 70.7 Å². The highest BCUT2D eigenvalue weighted by Crippen LogP contribution is 2.04. The van der Waals surface area contributed by atoms with Crippen molar-refractivity contribution in [1.82, 2.24) is 0 Å². The lowest BCUT2D eigenvalue weighted by atomic mass is 10.3. The molecule has 0 heterocycles. The number of esters is 1. The van der Waals surface area contributed by atoms with Gasteiger partial charge < -0.3 is 4.74 Å². The zero-order valence-electron chi connectivity index (χ0n) is 6.72. The normalized spacial score (nSPS) is 13.1. The number of hydrogen-bond acceptors (Lipinski definition) is 3. The van der Waals surface area contributed by atoms with Gasteiger partial charge in [0.05, 0.1) is 12.1 Å². The van der Waals surface area contributed by atoms with Crippen LogP contribution in [0.5, 0.6) is 0 Å². The molecule has 0 N–H and O–H groups in total. The molecule has 4 heteroatoms. The summed E-state index contributed by atoms with van der Waals surface area (Å²) in [5, 5.41) is 0.305. The van der Waals surface area contributed by atoms with Gasteiger partial charge in [-0.15, -0.1) is 0 Å². The lowest BCUT2D eigenvalue weighted by Gasteiger charge is -1.99. The molecule has 0 aliphatic heterocycles. The number of halogens is 1. The topological polar surface area (TPSA) is 38.7 Å². The first kappa shape index (κ1) is 10.2. The summed E-state index contributed by atoms with van der Waals surface area (Å²) in [6.45, 7) is 1.72. The van der Waals surface area contributed by atoms with Crippen molar-refractivity contribution in [3.05, 3.63) is 11.1 Å². The van der Waals surface area contributed by atoms with Crippen LogP contribution >= 0.6 is 11.6 Å². The second-order valence-corrected chi connectivity index (χ2v) is 2.11. The van der Waals surface area contributed by atoms with Gasteiger partial charge in [0.15, 0.2) is 5.71 Å². The zero-order valence-corrected chi connectivity index (χ0v) is 7.47. The Bertz CT molecular complexity index is 208. The molecule has 62 valence electrons. The van der Waals surface area contributed by atoms with Crippen molar-refractivity contribution >= 4 is 23.3 Å². The zero-order chi connectivity index (χ0) is 8.85. The van der Waals surface area contributed by atoms with Crippen molar-refractivity contribution in [3.63, 3.8) is 0 Å². The molecule has 0 rings (SSSR count). The molecule has 0 aromatic rings. The molecular formula is C7H10ClNO2. The van der Waals surface area contributed by atoms with Crippen molar-refractivity contribution in [2.24, 2.45) is 4.99 Å². The number of carbonyl (C=O) groups is 1. The Morgan fingerprint density at radius 3 is 2.45 bits per heavy atom. The van der Waals surface area contributed by atoms with Crippen LogP contribution in [0.3, 0.4) is 0 Å². The molecule has 0 saturated carbocycles. The lowest BCUT2D eigenvalue weighted by Crippen LogP contribution is -2.15. The van der Waals surface area contributed by atoms with Crippen LogP contribution in [0.15, 0.2) is 16.1 Å². The van der Waals surface area contributed by atoms with Gasteiger partial charge in [-0.1, -0.05) is 17.7 Å².